The van der Waals surface area contributed by atoms with E-state index in [1.165, 1.54) is 12.1 Å². The fourth-order valence-electron chi connectivity index (χ4n) is 2.75. The van der Waals surface area contributed by atoms with Crippen LogP contribution >= 0.6 is 0 Å². The summed E-state index contributed by atoms with van der Waals surface area (Å²) in [5, 5.41) is 18.3. The van der Waals surface area contributed by atoms with E-state index in [1.54, 1.807) is 13.0 Å². The first-order valence-electron chi connectivity index (χ1n) is 7.66. The highest BCUT2D eigenvalue weighted by Gasteiger charge is 2.32. The molecule has 7 heteroatoms. The van der Waals surface area contributed by atoms with Crippen molar-refractivity contribution < 1.29 is 24.6 Å². The lowest BCUT2D eigenvalue weighted by Gasteiger charge is -2.24. The van der Waals surface area contributed by atoms with Gasteiger partial charge in [-0.15, -0.1) is 0 Å². The van der Waals surface area contributed by atoms with E-state index in [4.69, 9.17) is 5.11 Å². The minimum atomic E-state index is -1.17. The number of rotatable bonds is 5. The first-order chi connectivity index (χ1) is 11.2. The fourth-order valence-corrected chi connectivity index (χ4v) is 2.75. The van der Waals surface area contributed by atoms with Crippen molar-refractivity contribution in [3.05, 3.63) is 29.3 Å². The molecule has 0 aromatic heterocycles. The molecule has 1 atom stereocenters. The van der Waals surface area contributed by atoms with Gasteiger partial charge in [-0.3, -0.25) is 19.5 Å². The van der Waals surface area contributed by atoms with E-state index >= 15 is 0 Å². The van der Waals surface area contributed by atoms with E-state index in [-0.39, 0.29) is 17.2 Å². The molecule has 1 amide bonds. The zero-order valence-electron chi connectivity index (χ0n) is 13.8. The van der Waals surface area contributed by atoms with E-state index < -0.39 is 30.4 Å². The molecular weight excluding hydrogens is 312 g/mol. The Balaban J connectivity index is 2.60. The predicted molar refractivity (Wildman–Crippen MR) is 88.8 cm³/mol. The number of carbonyl (C=O) groups is 3. The van der Waals surface area contributed by atoms with Crippen LogP contribution < -0.4 is 4.90 Å². The highest BCUT2D eigenvalue weighted by atomic mass is 16.4. The number of aliphatic imine (C=N–C) groups is 1. The third-order valence-corrected chi connectivity index (χ3v) is 3.81. The lowest BCUT2D eigenvalue weighted by atomic mass is 10.0. The van der Waals surface area contributed by atoms with Gasteiger partial charge >= 0.3 is 11.9 Å². The molecule has 0 bridgehead atoms. The molecular formula is C17H20N2O5. The third kappa shape index (κ3) is 3.61. The number of aliphatic carboxylic acids is 1. The van der Waals surface area contributed by atoms with Gasteiger partial charge in [0.15, 0.2) is 0 Å². The second kappa shape index (κ2) is 6.82. The van der Waals surface area contributed by atoms with Gasteiger partial charge in [0.05, 0.1) is 11.3 Å². The number of carboxylic acid groups (broad SMARTS) is 2. The number of amides is 1. The maximum absolute atomic E-state index is 12.8. The maximum Gasteiger partial charge on any atom is 0.335 e. The number of hydrogen-bond acceptors (Lipinski definition) is 4. The molecule has 0 saturated carbocycles. The summed E-state index contributed by atoms with van der Waals surface area (Å²) >= 11 is 0. The molecule has 0 unspecified atom stereocenters. The Bertz CT molecular complexity index is 724. The van der Waals surface area contributed by atoms with Gasteiger partial charge in [-0.25, -0.2) is 4.79 Å². The Morgan fingerprint density at radius 2 is 1.96 bits per heavy atom. The van der Waals surface area contributed by atoms with E-state index in [0.717, 1.165) is 4.90 Å². The quantitative estimate of drug-likeness (QED) is 0.858. The van der Waals surface area contributed by atoms with Crippen molar-refractivity contribution in [2.75, 3.05) is 11.4 Å². The van der Waals surface area contributed by atoms with Crippen molar-refractivity contribution in [3.63, 3.8) is 0 Å². The highest BCUT2D eigenvalue weighted by molar-refractivity contribution is 6.13. The van der Waals surface area contributed by atoms with Gasteiger partial charge in [0.2, 0.25) is 0 Å². The van der Waals surface area contributed by atoms with Crippen LogP contribution in [0.2, 0.25) is 0 Å². The Hall–Kier alpha value is -2.70. The minimum Gasteiger partial charge on any atom is -0.480 e. The molecule has 2 N–H and O–H groups in total. The SMILES string of the molecule is CC1=N[C@H](CC(C)C)C(=O)N(CC(=O)O)c2cc(C(=O)O)ccc21. The van der Waals surface area contributed by atoms with E-state index in [2.05, 4.69) is 4.99 Å². The van der Waals surface area contributed by atoms with Gasteiger partial charge < -0.3 is 10.2 Å². The molecule has 1 aromatic rings. The number of fused-ring (bicyclic) bond motifs is 1. The van der Waals surface area contributed by atoms with Gasteiger partial charge in [-0.05, 0) is 31.4 Å². The second-order valence-corrected chi connectivity index (χ2v) is 6.22. The molecule has 1 aromatic carbocycles. The predicted octanol–water partition coefficient (Wildman–Crippen LogP) is 2.04. The van der Waals surface area contributed by atoms with Crippen molar-refractivity contribution in [2.45, 2.75) is 33.2 Å². The van der Waals surface area contributed by atoms with Crippen molar-refractivity contribution >= 4 is 29.2 Å². The Kier molecular flexibility index (Phi) is 5.02. The molecule has 128 valence electrons. The topological polar surface area (TPSA) is 107 Å². The molecule has 0 spiro atoms. The minimum absolute atomic E-state index is 0.00736. The number of benzene rings is 1. The molecule has 1 aliphatic rings. The third-order valence-electron chi connectivity index (χ3n) is 3.81. The Morgan fingerprint density at radius 1 is 1.29 bits per heavy atom. The molecule has 7 nitrogen and oxygen atoms in total. The summed E-state index contributed by atoms with van der Waals surface area (Å²) in [7, 11) is 0. The summed E-state index contributed by atoms with van der Waals surface area (Å²) in [5.74, 6) is -2.53. The number of benzodiazepines with no additional fused rings is 1. The largest absolute Gasteiger partial charge is 0.480 e. The van der Waals surface area contributed by atoms with Crippen LogP contribution in [-0.2, 0) is 9.59 Å². The number of carbonyl (C=O) groups excluding carboxylic acids is 1. The number of hydrogen-bond donors (Lipinski definition) is 2. The zero-order valence-corrected chi connectivity index (χ0v) is 13.8. The van der Waals surface area contributed by atoms with Gasteiger partial charge in [0.25, 0.3) is 5.91 Å². The molecule has 0 fully saturated rings. The standard InChI is InChI=1S/C17H20N2O5/c1-9(2)6-13-16(22)19(8-15(20)21)14-7-11(17(23)24)4-5-12(14)10(3)18-13/h4-5,7,9,13H,6,8H2,1-3H3,(H,20,21)(H,23,24)/t13-/m1/s1. The summed E-state index contributed by atoms with van der Waals surface area (Å²) < 4.78 is 0. The van der Waals surface area contributed by atoms with Crippen molar-refractivity contribution in [1.82, 2.24) is 0 Å². The summed E-state index contributed by atoms with van der Waals surface area (Å²) in [5.41, 5.74) is 1.43. The number of aromatic carboxylic acids is 1. The summed E-state index contributed by atoms with van der Waals surface area (Å²) in [6.07, 6.45) is 0.492. The van der Waals surface area contributed by atoms with Crippen LogP contribution in [0.1, 0.15) is 43.1 Å². The van der Waals surface area contributed by atoms with Crippen LogP contribution in [0.15, 0.2) is 23.2 Å². The Morgan fingerprint density at radius 3 is 2.50 bits per heavy atom. The summed E-state index contributed by atoms with van der Waals surface area (Å²) in [6.45, 7) is 5.12. The van der Waals surface area contributed by atoms with Crippen LogP contribution in [0.4, 0.5) is 5.69 Å². The molecule has 1 heterocycles. The fraction of sp³-hybridized carbons (Fsp3) is 0.412. The van der Waals surface area contributed by atoms with Crippen molar-refractivity contribution in [2.24, 2.45) is 10.9 Å². The molecule has 0 radical (unpaired) electrons. The van der Waals surface area contributed by atoms with Crippen LogP contribution in [0, 0.1) is 5.92 Å². The average Bonchev–Trinajstić information content (AvgIpc) is 2.57. The average molecular weight is 332 g/mol. The maximum atomic E-state index is 12.8. The van der Waals surface area contributed by atoms with Crippen molar-refractivity contribution in [3.8, 4) is 0 Å². The van der Waals surface area contributed by atoms with Gasteiger partial charge in [-0.1, -0.05) is 19.9 Å². The second-order valence-electron chi connectivity index (χ2n) is 6.22. The first-order valence-corrected chi connectivity index (χ1v) is 7.66. The van der Waals surface area contributed by atoms with Crippen LogP contribution in [-0.4, -0.2) is 46.4 Å². The van der Waals surface area contributed by atoms with E-state index in [9.17, 15) is 19.5 Å². The first kappa shape index (κ1) is 17.7. The van der Waals surface area contributed by atoms with Gasteiger partial charge in [0.1, 0.15) is 12.6 Å². The lowest BCUT2D eigenvalue weighted by molar-refractivity contribution is -0.136. The van der Waals surface area contributed by atoms with Crippen LogP contribution in [0.3, 0.4) is 0 Å². The molecule has 1 aliphatic heterocycles. The van der Waals surface area contributed by atoms with Crippen molar-refractivity contribution in [1.29, 1.82) is 0 Å². The molecule has 24 heavy (non-hydrogen) atoms. The zero-order chi connectivity index (χ0) is 18.0. The number of carboxylic acids is 2. The van der Waals surface area contributed by atoms with Gasteiger partial charge in [0, 0.05) is 11.3 Å². The van der Waals surface area contributed by atoms with E-state index in [1.807, 2.05) is 13.8 Å². The Labute approximate surface area is 139 Å². The molecule has 2 rings (SSSR count). The normalized spacial score (nSPS) is 17.3. The number of nitrogens with zero attached hydrogens (tertiary/aromatic N) is 2. The summed E-state index contributed by atoms with van der Waals surface area (Å²) in [4.78, 5) is 40.8. The van der Waals surface area contributed by atoms with Crippen LogP contribution in [0.5, 0.6) is 0 Å². The molecule has 0 saturated heterocycles. The van der Waals surface area contributed by atoms with E-state index in [0.29, 0.717) is 17.7 Å². The number of anilines is 1. The molecule has 0 aliphatic carbocycles. The smallest absolute Gasteiger partial charge is 0.335 e. The monoisotopic (exact) mass is 332 g/mol. The lowest BCUT2D eigenvalue weighted by Crippen LogP contribution is -2.41. The summed E-state index contributed by atoms with van der Waals surface area (Å²) in [6, 6.07) is 3.64. The highest BCUT2D eigenvalue weighted by Crippen LogP contribution is 2.29. The van der Waals surface area contributed by atoms with Crippen LogP contribution in [0.25, 0.3) is 0 Å². The van der Waals surface area contributed by atoms with Gasteiger partial charge in [-0.2, -0.15) is 0 Å².